The Hall–Kier alpha value is -1.62. The lowest BCUT2D eigenvalue weighted by Crippen LogP contribution is -2.39. The highest BCUT2D eigenvalue weighted by atomic mass is 32.2. The first kappa shape index (κ1) is 22.4. The van der Waals surface area contributed by atoms with Gasteiger partial charge in [0, 0.05) is 25.9 Å². The van der Waals surface area contributed by atoms with Crippen molar-refractivity contribution in [2.24, 2.45) is 0 Å². The van der Waals surface area contributed by atoms with Crippen molar-refractivity contribution in [3.63, 3.8) is 0 Å². The van der Waals surface area contributed by atoms with Gasteiger partial charge in [-0.2, -0.15) is 15.8 Å². The van der Waals surface area contributed by atoms with Crippen molar-refractivity contribution in [3.05, 3.63) is 0 Å². The van der Waals surface area contributed by atoms with Gasteiger partial charge in [-0.05, 0) is 19.3 Å². The van der Waals surface area contributed by atoms with Crippen molar-refractivity contribution in [1.82, 2.24) is 4.31 Å². The molecule has 0 amide bonds. The van der Waals surface area contributed by atoms with Gasteiger partial charge in [-0.15, -0.1) is 0 Å². The van der Waals surface area contributed by atoms with Crippen LogP contribution in [0.25, 0.3) is 0 Å². The zero-order chi connectivity index (χ0) is 18.3. The average molecular weight is 353 g/mol. The number of nitriles is 3. The summed E-state index contributed by atoms with van der Waals surface area (Å²) in [5.41, 5.74) is 0. The monoisotopic (exact) mass is 352 g/mol. The quantitative estimate of drug-likeness (QED) is 0.445. The lowest BCUT2D eigenvalue weighted by Gasteiger charge is -2.24. The molecule has 0 saturated carbocycles. The van der Waals surface area contributed by atoms with Gasteiger partial charge < -0.3 is 0 Å². The molecular formula is C17H28N4O2S. The summed E-state index contributed by atoms with van der Waals surface area (Å²) in [6, 6.07) is 5.93. The summed E-state index contributed by atoms with van der Waals surface area (Å²) in [5, 5.41) is 25.5. The lowest BCUT2D eigenvalue weighted by atomic mass is 10.1. The molecule has 24 heavy (non-hydrogen) atoms. The van der Waals surface area contributed by atoms with Crippen molar-refractivity contribution in [3.8, 4) is 18.2 Å². The molecule has 0 aromatic rings. The highest BCUT2D eigenvalue weighted by Gasteiger charge is 2.31. The molecule has 0 saturated heterocycles. The molecule has 0 radical (unpaired) electrons. The number of hydrogen-bond donors (Lipinski definition) is 0. The van der Waals surface area contributed by atoms with Gasteiger partial charge in [-0.25, -0.2) is 12.7 Å². The van der Waals surface area contributed by atoms with Crippen molar-refractivity contribution in [1.29, 1.82) is 15.8 Å². The third kappa shape index (κ3) is 8.87. The molecule has 7 heteroatoms. The minimum atomic E-state index is -3.71. The summed E-state index contributed by atoms with van der Waals surface area (Å²) >= 11 is 0. The zero-order valence-corrected chi connectivity index (χ0v) is 15.4. The van der Waals surface area contributed by atoms with Gasteiger partial charge in [-0.3, -0.25) is 0 Å². The molecule has 0 bridgehead atoms. The predicted octanol–water partition coefficient (Wildman–Crippen LogP) is 3.48. The Morgan fingerprint density at radius 2 is 1.42 bits per heavy atom. The summed E-state index contributed by atoms with van der Waals surface area (Å²) in [6.07, 6.45) is 6.74. The van der Waals surface area contributed by atoms with Crippen LogP contribution in [0.4, 0.5) is 0 Å². The van der Waals surface area contributed by atoms with Crippen LogP contribution in [0.3, 0.4) is 0 Å². The molecule has 0 rings (SSSR count). The van der Waals surface area contributed by atoms with E-state index in [1.54, 1.807) is 0 Å². The lowest BCUT2D eigenvalue weighted by molar-refractivity contribution is 0.396. The fourth-order valence-electron chi connectivity index (χ4n) is 2.43. The van der Waals surface area contributed by atoms with Crippen LogP contribution in [0.15, 0.2) is 0 Å². The van der Waals surface area contributed by atoms with E-state index < -0.39 is 15.3 Å². The van der Waals surface area contributed by atoms with Gasteiger partial charge in [0.05, 0.1) is 18.2 Å². The predicted molar refractivity (Wildman–Crippen MR) is 93.0 cm³/mol. The SMILES string of the molecule is CCCCCCCC(C#N)S(=O)(=O)N(CCCC#N)CCCC#N. The number of sulfonamides is 1. The van der Waals surface area contributed by atoms with Crippen LogP contribution in [0.5, 0.6) is 0 Å². The maximum Gasteiger partial charge on any atom is 0.230 e. The first-order chi connectivity index (χ1) is 11.5. The highest BCUT2D eigenvalue weighted by Crippen LogP contribution is 2.18. The second-order valence-corrected chi connectivity index (χ2v) is 7.90. The molecule has 0 N–H and O–H groups in total. The topological polar surface area (TPSA) is 109 Å². The maximum atomic E-state index is 12.7. The molecule has 0 fully saturated rings. The fourth-order valence-corrected chi connectivity index (χ4v) is 4.15. The van der Waals surface area contributed by atoms with Gasteiger partial charge in [0.15, 0.2) is 5.25 Å². The second-order valence-electron chi connectivity index (χ2n) is 5.79. The Balaban J connectivity index is 4.79. The van der Waals surface area contributed by atoms with E-state index in [0.29, 0.717) is 19.3 Å². The van der Waals surface area contributed by atoms with E-state index in [1.807, 2.05) is 18.2 Å². The fraction of sp³-hybridized carbons (Fsp3) is 0.824. The minimum Gasteiger partial charge on any atom is -0.211 e. The summed E-state index contributed by atoms with van der Waals surface area (Å²) in [5.74, 6) is 0. The van der Waals surface area contributed by atoms with E-state index in [4.69, 9.17) is 10.5 Å². The van der Waals surface area contributed by atoms with Crippen molar-refractivity contribution in [2.45, 2.75) is 76.4 Å². The van der Waals surface area contributed by atoms with Crippen LogP contribution in [0.1, 0.15) is 71.1 Å². The maximum absolute atomic E-state index is 12.7. The number of hydrogen-bond acceptors (Lipinski definition) is 5. The molecule has 0 aliphatic carbocycles. The zero-order valence-electron chi connectivity index (χ0n) is 14.6. The highest BCUT2D eigenvalue weighted by molar-refractivity contribution is 7.90. The van der Waals surface area contributed by atoms with Crippen LogP contribution in [-0.4, -0.2) is 31.1 Å². The Morgan fingerprint density at radius 1 is 0.875 bits per heavy atom. The number of nitrogens with zero attached hydrogens (tertiary/aromatic N) is 4. The van der Waals surface area contributed by atoms with Crippen molar-refractivity contribution in [2.75, 3.05) is 13.1 Å². The number of rotatable bonds is 14. The van der Waals surface area contributed by atoms with Crippen LogP contribution in [-0.2, 0) is 10.0 Å². The molecule has 0 aliphatic heterocycles. The van der Waals surface area contributed by atoms with Crippen LogP contribution in [0.2, 0.25) is 0 Å². The van der Waals surface area contributed by atoms with Crippen LogP contribution in [0, 0.1) is 34.0 Å². The smallest absolute Gasteiger partial charge is 0.211 e. The van der Waals surface area contributed by atoms with E-state index >= 15 is 0 Å². The molecule has 0 aromatic heterocycles. The first-order valence-electron chi connectivity index (χ1n) is 8.67. The first-order valence-corrected chi connectivity index (χ1v) is 10.2. The largest absolute Gasteiger partial charge is 0.230 e. The summed E-state index contributed by atoms with van der Waals surface area (Å²) in [4.78, 5) is 0. The Morgan fingerprint density at radius 3 is 1.88 bits per heavy atom. The molecule has 1 atom stereocenters. The van der Waals surface area contributed by atoms with E-state index in [-0.39, 0.29) is 25.9 Å². The third-order valence-corrected chi connectivity index (χ3v) is 5.97. The van der Waals surface area contributed by atoms with E-state index in [2.05, 4.69) is 6.92 Å². The molecular weight excluding hydrogens is 324 g/mol. The van der Waals surface area contributed by atoms with E-state index in [0.717, 1.165) is 32.1 Å². The normalized spacial score (nSPS) is 12.3. The molecule has 1 unspecified atom stereocenters. The molecule has 0 heterocycles. The standard InChI is InChI=1S/C17H28N4O2S/c1-2-3-4-5-6-11-17(16-20)24(22,23)21(14-9-7-12-18)15-10-8-13-19/h17H,2-11,14-15H2,1H3. The molecule has 134 valence electrons. The summed E-state index contributed by atoms with van der Waals surface area (Å²) < 4.78 is 26.7. The second kappa shape index (κ2) is 13.8. The molecule has 0 aromatic carbocycles. The Bertz CT molecular complexity index is 535. The van der Waals surface area contributed by atoms with Crippen molar-refractivity contribution < 1.29 is 8.42 Å². The Kier molecular flexibility index (Phi) is 12.9. The van der Waals surface area contributed by atoms with E-state index in [1.165, 1.54) is 4.31 Å². The number of unbranched alkanes of at least 4 members (excludes halogenated alkanes) is 6. The third-order valence-electron chi connectivity index (χ3n) is 3.83. The van der Waals surface area contributed by atoms with Crippen LogP contribution < -0.4 is 0 Å². The molecule has 6 nitrogen and oxygen atoms in total. The molecule has 0 aliphatic rings. The Labute approximate surface area is 146 Å². The average Bonchev–Trinajstić information content (AvgIpc) is 2.56. The van der Waals surface area contributed by atoms with Gasteiger partial charge >= 0.3 is 0 Å². The van der Waals surface area contributed by atoms with Gasteiger partial charge in [0.1, 0.15) is 0 Å². The van der Waals surface area contributed by atoms with Crippen molar-refractivity contribution >= 4 is 10.0 Å². The summed E-state index contributed by atoms with van der Waals surface area (Å²) in [7, 11) is -3.71. The van der Waals surface area contributed by atoms with Gasteiger partial charge in [0.25, 0.3) is 0 Å². The van der Waals surface area contributed by atoms with Crippen LogP contribution >= 0.6 is 0 Å². The summed E-state index contributed by atoms with van der Waals surface area (Å²) in [6.45, 7) is 2.58. The van der Waals surface area contributed by atoms with Gasteiger partial charge in [0.2, 0.25) is 10.0 Å². The van der Waals surface area contributed by atoms with Gasteiger partial charge in [-0.1, -0.05) is 39.0 Å². The van der Waals surface area contributed by atoms with E-state index in [9.17, 15) is 13.7 Å². The molecule has 0 spiro atoms. The minimum absolute atomic E-state index is 0.231.